The quantitative estimate of drug-likeness (QED) is 0.315. The van der Waals surface area contributed by atoms with Crippen LogP contribution in [0.1, 0.15) is 61.8 Å². The Hall–Kier alpha value is -4.87. The topological polar surface area (TPSA) is 24.9 Å². The number of benzene rings is 2. The van der Waals surface area contributed by atoms with E-state index in [-0.39, 0.29) is 0 Å². The summed E-state index contributed by atoms with van der Waals surface area (Å²) in [6.45, 7) is 3.25. The summed E-state index contributed by atoms with van der Waals surface area (Å²) in [5.41, 5.74) is 11.4. The van der Waals surface area contributed by atoms with E-state index >= 15 is 0 Å². The number of aromatic nitrogens is 1. The second kappa shape index (κ2) is 11.9. The molecule has 3 aromatic rings. The normalized spacial score (nSPS) is 24.2. The van der Waals surface area contributed by atoms with Crippen LogP contribution in [0.2, 0.25) is 0 Å². The molecular formula is C43H38N2. The van der Waals surface area contributed by atoms with Gasteiger partial charge in [-0.15, -0.1) is 0 Å². The van der Waals surface area contributed by atoms with Crippen LogP contribution in [0.15, 0.2) is 120 Å². The zero-order valence-electron chi connectivity index (χ0n) is 25.9. The Balaban J connectivity index is 1.21. The fourth-order valence-corrected chi connectivity index (χ4v) is 7.43. The number of rotatable bonds is 4. The first-order chi connectivity index (χ1) is 22.2. The molecule has 1 aromatic heterocycles. The van der Waals surface area contributed by atoms with Gasteiger partial charge in [0.25, 0.3) is 0 Å². The summed E-state index contributed by atoms with van der Waals surface area (Å²) in [6, 6.07) is 17.9. The van der Waals surface area contributed by atoms with E-state index in [0.717, 1.165) is 49.9 Å². The highest BCUT2D eigenvalue weighted by Crippen LogP contribution is 2.39. The second-order valence-electron chi connectivity index (χ2n) is 12.9. The first-order valence-electron chi connectivity index (χ1n) is 16.5. The van der Waals surface area contributed by atoms with E-state index in [0.29, 0.717) is 17.8 Å². The average molecular weight is 583 g/mol. The summed E-state index contributed by atoms with van der Waals surface area (Å²) >= 11 is 0. The van der Waals surface area contributed by atoms with Crippen molar-refractivity contribution < 1.29 is 0 Å². The van der Waals surface area contributed by atoms with Crippen molar-refractivity contribution in [3.63, 3.8) is 0 Å². The molecule has 8 rings (SSSR count). The van der Waals surface area contributed by atoms with E-state index in [1.54, 1.807) is 0 Å². The number of hydrogen-bond donors (Lipinski definition) is 1. The number of nitrogens with one attached hydrogen (secondary N) is 1. The van der Waals surface area contributed by atoms with Crippen molar-refractivity contribution >= 4 is 34.2 Å². The van der Waals surface area contributed by atoms with Gasteiger partial charge in [-0.1, -0.05) is 110 Å². The third-order valence-corrected chi connectivity index (χ3v) is 9.74. The Labute approximate surface area is 266 Å². The fourth-order valence-electron chi connectivity index (χ4n) is 7.43. The minimum Gasteiger partial charge on any atom is -0.381 e. The maximum atomic E-state index is 5.35. The van der Waals surface area contributed by atoms with Crippen molar-refractivity contribution in [2.45, 2.75) is 44.9 Å². The Morgan fingerprint density at radius 2 is 1.80 bits per heavy atom. The van der Waals surface area contributed by atoms with Crippen LogP contribution < -0.4 is 15.8 Å². The minimum atomic E-state index is 0.308. The number of fused-ring (bicyclic) bond motifs is 2. The van der Waals surface area contributed by atoms with Gasteiger partial charge in [-0.25, -0.2) is 4.98 Å². The molecule has 2 heterocycles. The lowest BCUT2D eigenvalue weighted by molar-refractivity contribution is 0.638. The van der Waals surface area contributed by atoms with Crippen LogP contribution in [0.5, 0.6) is 0 Å². The van der Waals surface area contributed by atoms with Gasteiger partial charge in [-0.05, 0) is 99.7 Å². The molecule has 0 saturated carbocycles. The number of nitrogens with zero attached hydrogens (tertiary/aromatic N) is 1. The molecular weight excluding hydrogens is 544 g/mol. The maximum Gasteiger partial charge on any atom is 0.0718 e. The van der Waals surface area contributed by atoms with Crippen LogP contribution in [-0.4, -0.2) is 11.5 Å². The molecule has 4 aliphatic carbocycles. The van der Waals surface area contributed by atoms with Gasteiger partial charge in [0.15, 0.2) is 0 Å². The minimum absolute atomic E-state index is 0.308. The summed E-state index contributed by atoms with van der Waals surface area (Å²) in [7, 11) is 0. The zero-order chi connectivity index (χ0) is 30.2. The van der Waals surface area contributed by atoms with Crippen LogP contribution in [0.25, 0.3) is 34.2 Å². The molecule has 5 aliphatic rings. The molecule has 45 heavy (non-hydrogen) atoms. The molecule has 0 amide bonds. The summed E-state index contributed by atoms with van der Waals surface area (Å²) in [4.78, 5) is 5.35. The van der Waals surface area contributed by atoms with E-state index in [1.807, 2.05) is 6.08 Å². The summed E-state index contributed by atoms with van der Waals surface area (Å²) in [6.07, 6.45) is 30.6. The standard InChI is InChI=1S/C43H38N2/c1-29-24-37-16-9-23-44-43(37)40(25-29)33-19-17-32(18-20-33)39-28-41(36-15-8-6-13-30-12-5-7-14-34(30)26-36)45-42-27-35(21-22-38(39)42)31-10-3-2-4-11-31/h3,5,7,9-10,12-19,21-22,25-29,31,33,44H,6,8,11,20,23-24H2,1H3/b30-13+,34-26?,36-15?. The van der Waals surface area contributed by atoms with E-state index in [1.165, 1.54) is 54.9 Å². The first-order valence-corrected chi connectivity index (χ1v) is 16.5. The molecule has 1 aliphatic heterocycles. The summed E-state index contributed by atoms with van der Waals surface area (Å²) in [5.74, 6) is 7.62. The lowest BCUT2D eigenvalue weighted by Crippen LogP contribution is -2.26. The van der Waals surface area contributed by atoms with Gasteiger partial charge in [-0.2, -0.15) is 0 Å². The third kappa shape index (κ3) is 5.49. The lowest BCUT2D eigenvalue weighted by Gasteiger charge is -2.31. The van der Waals surface area contributed by atoms with Crippen molar-refractivity contribution in [1.29, 1.82) is 0 Å². The molecule has 220 valence electrons. The van der Waals surface area contributed by atoms with E-state index in [9.17, 15) is 0 Å². The van der Waals surface area contributed by atoms with Crippen molar-refractivity contribution in [2.24, 2.45) is 11.8 Å². The van der Waals surface area contributed by atoms with Gasteiger partial charge in [-0.3, -0.25) is 0 Å². The van der Waals surface area contributed by atoms with Crippen LogP contribution in [0.3, 0.4) is 0 Å². The Morgan fingerprint density at radius 1 is 0.889 bits per heavy atom. The van der Waals surface area contributed by atoms with Crippen LogP contribution in [0.4, 0.5) is 0 Å². The van der Waals surface area contributed by atoms with E-state index in [4.69, 9.17) is 4.98 Å². The van der Waals surface area contributed by atoms with Gasteiger partial charge in [0.1, 0.15) is 0 Å². The van der Waals surface area contributed by atoms with Gasteiger partial charge in [0, 0.05) is 35.9 Å². The van der Waals surface area contributed by atoms with Crippen molar-refractivity contribution in [2.75, 3.05) is 6.54 Å². The summed E-state index contributed by atoms with van der Waals surface area (Å²) < 4.78 is 0. The fraction of sp³-hybridized carbons (Fsp3) is 0.233. The number of dihydropyridines is 1. The smallest absolute Gasteiger partial charge is 0.0718 e. The predicted molar refractivity (Wildman–Crippen MR) is 189 cm³/mol. The highest BCUT2D eigenvalue weighted by atomic mass is 14.9. The molecule has 0 radical (unpaired) electrons. The number of pyridine rings is 1. The van der Waals surface area contributed by atoms with E-state index < -0.39 is 0 Å². The molecule has 2 nitrogen and oxygen atoms in total. The van der Waals surface area contributed by atoms with Crippen LogP contribution in [-0.2, 0) is 0 Å². The molecule has 2 heteroatoms. The van der Waals surface area contributed by atoms with Gasteiger partial charge in [0.2, 0.25) is 0 Å². The summed E-state index contributed by atoms with van der Waals surface area (Å²) in [5, 5.41) is 7.44. The Morgan fingerprint density at radius 3 is 2.67 bits per heavy atom. The molecule has 0 bridgehead atoms. The zero-order valence-corrected chi connectivity index (χ0v) is 25.9. The molecule has 0 fully saturated rings. The van der Waals surface area contributed by atoms with Gasteiger partial charge in [0.05, 0.1) is 11.2 Å². The first kappa shape index (κ1) is 27.7. The van der Waals surface area contributed by atoms with Crippen LogP contribution >= 0.6 is 0 Å². The highest BCUT2D eigenvalue weighted by molar-refractivity contribution is 5.98. The molecule has 0 saturated heterocycles. The molecule has 0 spiro atoms. The number of allylic oxidation sites excluding steroid dienone is 12. The highest BCUT2D eigenvalue weighted by Gasteiger charge is 2.26. The van der Waals surface area contributed by atoms with Crippen molar-refractivity contribution in [1.82, 2.24) is 10.3 Å². The Kier molecular flexibility index (Phi) is 7.32. The predicted octanol–water partition coefficient (Wildman–Crippen LogP) is 8.06. The third-order valence-electron chi connectivity index (χ3n) is 9.74. The van der Waals surface area contributed by atoms with E-state index in [2.05, 4.69) is 133 Å². The maximum absolute atomic E-state index is 5.35. The molecule has 2 aromatic carbocycles. The number of hydrogen-bond acceptors (Lipinski definition) is 2. The van der Waals surface area contributed by atoms with Crippen molar-refractivity contribution in [3.05, 3.63) is 147 Å². The second-order valence-corrected chi connectivity index (χ2v) is 12.9. The Bertz CT molecular complexity index is 2110. The lowest BCUT2D eigenvalue weighted by atomic mass is 9.78. The van der Waals surface area contributed by atoms with Crippen LogP contribution in [0, 0.1) is 23.7 Å². The van der Waals surface area contributed by atoms with Gasteiger partial charge < -0.3 is 5.32 Å². The van der Waals surface area contributed by atoms with Crippen molar-refractivity contribution in [3.8, 4) is 11.8 Å². The largest absolute Gasteiger partial charge is 0.381 e. The monoisotopic (exact) mass is 582 g/mol. The molecule has 3 atom stereocenters. The molecule has 1 N–H and O–H groups in total. The molecule has 3 unspecified atom stereocenters. The van der Waals surface area contributed by atoms with Gasteiger partial charge >= 0.3 is 0 Å². The average Bonchev–Trinajstić information content (AvgIpc) is 3.08. The SMILES string of the molecule is CC1C=C(C2C=CC(c3cc(C4=CCC/C=c5\ccccc5=C4)nc4cc(C5C=CC#CC5)ccc34)=CC2)C2=C(C=CCN2)C1.